The van der Waals surface area contributed by atoms with Crippen molar-refractivity contribution in [2.75, 3.05) is 0 Å². The number of carbonyl (C=O) groups is 1. The van der Waals surface area contributed by atoms with Gasteiger partial charge < -0.3 is 4.74 Å². The zero-order valence-electron chi connectivity index (χ0n) is 13.2. The van der Waals surface area contributed by atoms with E-state index in [1.807, 2.05) is 60.7 Å². The van der Waals surface area contributed by atoms with E-state index in [1.165, 1.54) is 0 Å². The van der Waals surface area contributed by atoms with Gasteiger partial charge in [0.1, 0.15) is 11.5 Å². The highest BCUT2D eigenvalue weighted by Crippen LogP contribution is 2.23. The molecule has 0 spiro atoms. The van der Waals surface area contributed by atoms with E-state index >= 15 is 0 Å². The van der Waals surface area contributed by atoms with E-state index in [-0.39, 0.29) is 5.78 Å². The standard InChI is InChI=1S/C21H14Br2O2/c22-17-6-4-16(5-7-17)21(24)14-3-15-1-10-19(11-2-15)25-20-12-8-18(23)9-13-20/h1-14H/b14-3+. The lowest BCUT2D eigenvalue weighted by Crippen LogP contribution is -1.93. The number of rotatable bonds is 5. The fraction of sp³-hybridized carbons (Fsp3) is 0. The van der Waals surface area contributed by atoms with Gasteiger partial charge in [-0.25, -0.2) is 0 Å². The maximum Gasteiger partial charge on any atom is 0.185 e. The second-order valence-electron chi connectivity index (χ2n) is 5.33. The molecule has 0 aromatic heterocycles. The van der Waals surface area contributed by atoms with Crippen LogP contribution in [0.3, 0.4) is 0 Å². The molecule has 0 amide bonds. The van der Waals surface area contributed by atoms with E-state index < -0.39 is 0 Å². The Bertz CT molecular complexity index is 881. The minimum absolute atomic E-state index is 0.0253. The fourth-order valence-electron chi connectivity index (χ4n) is 2.17. The van der Waals surface area contributed by atoms with Crippen molar-refractivity contribution in [3.63, 3.8) is 0 Å². The van der Waals surface area contributed by atoms with Gasteiger partial charge in [-0.2, -0.15) is 0 Å². The predicted molar refractivity (Wildman–Crippen MR) is 108 cm³/mol. The van der Waals surface area contributed by atoms with Crippen molar-refractivity contribution in [1.82, 2.24) is 0 Å². The summed E-state index contributed by atoms with van der Waals surface area (Å²) in [5.41, 5.74) is 1.60. The Morgan fingerprint density at radius 2 is 1.20 bits per heavy atom. The molecule has 0 aliphatic rings. The average Bonchev–Trinajstić information content (AvgIpc) is 2.63. The minimum Gasteiger partial charge on any atom is -0.457 e. The van der Waals surface area contributed by atoms with Crippen molar-refractivity contribution >= 4 is 43.7 Å². The lowest BCUT2D eigenvalue weighted by Gasteiger charge is -2.05. The largest absolute Gasteiger partial charge is 0.457 e. The van der Waals surface area contributed by atoms with Crippen LogP contribution in [0.4, 0.5) is 0 Å². The number of ether oxygens (including phenoxy) is 1. The number of allylic oxidation sites excluding steroid dienone is 1. The molecule has 0 atom stereocenters. The topological polar surface area (TPSA) is 26.3 Å². The number of ketones is 1. The molecule has 0 N–H and O–H groups in total. The van der Waals surface area contributed by atoms with Gasteiger partial charge in [-0.1, -0.05) is 50.1 Å². The summed E-state index contributed by atoms with van der Waals surface area (Å²) in [6.07, 6.45) is 3.38. The molecule has 0 heterocycles. The number of hydrogen-bond acceptors (Lipinski definition) is 2. The third kappa shape index (κ3) is 5.15. The van der Waals surface area contributed by atoms with Crippen LogP contribution >= 0.6 is 31.9 Å². The summed E-state index contributed by atoms with van der Waals surface area (Å²) in [7, 11) is 0. The van der Waals surface area contributed by atoms with Gasteiger partial charge >= 0.3 is 0 Å². The van der Waals surface area contributed by atoms with E-state index in [0.717, 1.165) is 26.0 Å². The molecule has 0 saturated carbocycles. The Morgan fingerprint density at radius 1 is 0.720 bits per heavy atom. The van der Waals surface area contributed by atoms with Crippen molar-refractivity contribution in [1.29, 1.82) is 0 Å². The Hall–Kier alpha value is -2.17. The lowest BCUT2D eigenvalue weighted by atomic mass is 10.1. The summed E-state index contributed by atoms with van der Waals surface area (Å²) in [6.45, 7) is 0. The summed E-state index contributed by atoms with van der Waals surface area (Å²) >= 11 is 6.76. The van der Waals surface area contributed by atoms with Crippen LogP contribution in [0.1, 0.15) is 15.9 Å². The number of carbonyl (C=O) groups excluding carboxylic acids is 1. The van der Waals surface area contributed by atoms with E-state index in [0.29, 0.717) is 5.56 Å². The quantitative estimate of drug-likeness (QED) is 0.307. The molecule has 0 aliphatic carbocycles. The van der Waals surface area contributed by atoms with E-state index in [1.54, 1.807) is 24.3 Å². The first-order valence-electron chi connectivity index (χ1n) is 7.62. The highest BCUT2D eigenvalue weighted by molar-refractivity contribution is 9.10. The molecule has 0 bridgehead atoms. The summed E-state index contributed by atoms with van der Waals surface area (Å²) < 4.78 is 7.74. The molecule has 0 radical (unpaired) electrons. The lowest BCUT2D eigenvalue weighted by molar-refractivity contribution is 0.104. The van der Waals surface area contributed by atoms with Crippen LogP contribution in [0.5, 0.6) is 11.5 Å². The van der Waals surface area contributed by atoms with Gasteiger partial charge in [0.25, 0.3) is 0 Å². The first kappa shape index (κ1) is 17.6. The molecule has 2 nitrogen and oxygen atoms in total. The maximum absolute atomic E-state index is 12.1. The van der Waals surface area contributed by atoms with Crippen molar-refractivity contribution in [3.8, 4) is 11.5 Å². The van der Waals surface area contributed by atoms with Gasteiger partial charge in [-0.15, -0.1) is 0 Å². The minimum atomic E-state index is -0.0253. The van der Waals surface area contributed by atoms with E-state index in [2.05, 4.69) is 31.9 Å². The van der Waals surface area contributed by atoms with Crippen LogP contribution in [-0.4, -0.2) is 5.78 Å². The molecule has 0 saturated heterocycles. The van der Waals surface area contributed by atoms with Crippen LogP contribution in [0.25, 0.3) is 6.08 Å². The third-order valence-corrected chi connectivity index (χ3v) is 4.54. The van der Waals surface area contributed by atoms with E-state index in [9.17, 15) is 4.79 Å². The van der Waals surface area contributed by atoms with Gasteiger partial charge in [0.15, 0.2) is 5.78 Å². The van der Waals surface area contributed by atoms with E-state index in [4.69, 9.17) is 4.74 Å². The SMILES string of the molecule is O=C(/C=C/c1ccc(Oc2ccc(Br)cc2)cc1)c1ccc(Br)cc1. The number of hydrogen-bond donors (Lipinski definition) is 0. The highest BCUT2D eigenvalue weighted by atomic mass is 79.9. The van der Waals surface area contributed by atoms with Crippen LogP contribution in [0, 0.1) is 0 Å². The molecule has 0 unspecified atom stereocenters. The summed E-state index contributed by atoms with van der Waals surface area (Å²) in [6, 6.07) is 22.6. The zero-order chi connectivity index (χ0) is 17.6. The average molecular weight is 458 g/mol. The first-order valence-corrected chi connectivity index (χ1v) is 9.20. The highest BCUT2D eigenvalue weighted by Gasteiger charge is 2.01. The van der Waals surface area contributed by atoms with Gasteiger partial charge in [-0.3, -0.25) is 4.79 Å². The number of benzene rings is 3. The molecular weight excluding hydrogens is 444 g/mol. The molecule has 124 valence electrons. The smallest absolute Gasteiger partial charge is 0.185 e. The summed E-state index contributed by atoms with van der Waals surface area (Å²) in [4.78, 5) is 12.1. The van der Waals surface area contributed by atoms with Crippen molar-refractivity contribution in [3.05, 3.63) is 98.9 Å². The van der Waals surface area contributed by atoms with Gasteiger partial charge in [0.2, 0.25) is 0 Å². The molecule has 0 aliphatic heterocycles. The van der Waals surface area contributed by atoms with Crippen LogP contribution in [0.15, 0.2) is 87.8 Å². The Labute approximate surface area is 163 Å². The van der Waals surface area contributed by atoms with Crippen LogP contribution < -0.4 is 4.74 Å². The van der Waals surface area contributed by atoms with Crippen molar-refractivity contribution in [2.45, 2.75) is 0 Å². The van der Waals surface area contributed by atoms with Crippen LogP contribution in [0.2, 0.25) is 0 Å². The van der Waals surface area contributed by atoms with Crippen molar-refractivity contribution < 1.29 is 9.53 Å². The molecule has 0 fully saturated rings. The summed E-state index contributed by atoms with van der Waals surface area (Å²) in [5, 5.41) is 0. The fourth-order valence-corrected chi connectivity index (χ4v) is 2.70. The number of halogens is 2. The normalized spacial score (nSPS) is 10.8. The third-order valence-electron chi connectivity index (χ3n) is 3.49. The Balaban J connectivity index is 1.64. The van der Waals surface area contributed by atoms with Gasteiger partial charge in [-0.05, 0) is 72.3 Å². The first-order chi connectivity index (χ1) is 12.1. The molecule has 3 aromatic carbocycles. The Morgan fingerprint density at radius 3 is 1.76 bits per heavy atom. The molecular formula is C21H14Br2O2. The molecule has 3 aromatic rings. The van der Waals surface area contributed by atoms with Gasteiger partial charge in [0, 0.05) is 14.5 Å². The van der Waals surface area contributed by atoms with Gasteiger partial charge in [0.05, 0.1) is 0 Å². The summed E-state index contributed by atoms with van der Waals surface area (Å²) in [5.74, 6) is 1.50. The Kier molecular flexibility index (Phi) is 5.84. The monoisotopic (exact) mass is 456 g/mol. The zero-order valence-corrected chi connectivity index (χ0v) is 16.3. The van der Waals surface area contributed by atoms with Crippen LogP contribution in [-0.2, 0) is 0 Å². The molecule has 25 heavy (non-hydrogen) atoms. The second kappa shape index (κ2) is 8.28. The molecule has 4 heteroatoms. The predicted octanol–water partition coefficient (Wildman–Crippen LogP) is 6.90. The molecule has 3 rings (SSSR count). The second-order valence-corrected chi connectivity index (χ2v) is 7.16. The maximum atomic E-state index is 12.1. The van der Waals surface area contributed by atoms with Crippen molar-refractivity contribution in [2.24, 2.45) is 0 Å².